The Kier molecular flexibility index (Phi) is 2.21. The van der Waals surface area contributed by atoms with Crippen molar-refractivity contribution in [2.24, 2.45) is 5.92 Å². The van der Waals surface area contributed by atoms with E-state index in [4.69, 9.17) is 0 Å². The third-order valence-electron chi connectivity index (χ3n) is 2.55. The fourth-order valence-corrected chi connectivity index (χ4v) is 1.56. The van der Waals surface area contributed by atoms with Crippen LogP contribution in [0.3, 0.4) is 0 Å². The topological polar surface area (TPSA) is 16.1 Å². The van der Waals surface area contributed by atoms with E-state index in [0.29, 0.717) is 0 Å². The smallest absolute Gasteiger partial charge is 0.0397 e. The van der Waals surface area contributed by atoms with Gasteiger partial charge in [-0.05, 0) is 37.8 Å². The number of hydrogen-bond donors (Lipinski definition) is 0. The molecule has 0 radical (unpaired) electrons. The molecule has 0 saturated heterocycles. The number of hydrogen-bond acceptors (Lipinski definition) is 2. The summed E-state index contributed by atoms with van der Waals surface area (Å²) in [7, 11) is 2.16. The Bertz CT molecular complexity index is 292. The molecule has 1 aliphatic rings. The summed E-state index contributed by atoms with van der Waals surface area (Å²) in [5, 5.41) is 0. The van der Waals surface area contributed by atoms with E-state index in [1.165, 1.54) is 25.1 Å². The van der Waals surface area contributed by atoms with Gasteiger partial charge in [0.25, 0.3) is 0 Å². The van der Waals surface area contributed by atoms with Crippen LogP contribution in [0.2, 0.25) is 0 Å². The lowest BCUT2D eigenvalue weighted by molar-refractivity contribution is 0.786. The SMILES string of the molecule is Cc1cc(N(C)CC2CC2)ccn1. The second-order valence-electron chi connectivity index (χ2n) is 3.98. The highest BCUT2D eigenvalue weighted by Gasteiger charge is 2.22. The zero-order chi connectivity index (χ0) is 9.26. The Balaban J connectivity index is 2.04. The molecule has 0 N–H and O–H groups in total. The number of rotatable bonds is 3. The molecule has 1 aromatic heterocycles. The molecule has 1 heterocycles. The predicted molar refractivity (Wildman–Crippen MR) is 55.0 cm³/mol. The largest absolute Gasteiger partial charge is 0.374 e. The molecule has 0 bridgehead atoms. The maximum Gasteiger partial charge on any atom is 0.0397 e. The summed E-state index contributed by atoms with van der Waals surface area (Å²) in [6.45, 7) is 3.23. The summed E-state index contributed by atoms with van der Waals surface area (Å²) in [6, 6.07) is 4.22. The minimum atomic E-state index is 0.943. The normalized spacial score (nSPS) is 15.8. The summed E-state index contributed by atoms with van der Waals surface area (Å²) in [5.74, 6) is 0.943. The number of anilines is 1. The first kappa shape index (κ1) is 8.54. The predicted octanol–water partition coefficient (Wildman–Crippen LogP) is 2.24. The third kappa shape index (κ3) is 2.20. The second-order valence-corrected chi connectivity index (χ2v) is 3.98. The minimum absolute atomic E-state index is 0.943. The highest BCUT2D eigenvalue weighted by molar-refractivity contribution is 5.45. The molecule has 70 valence electrons. The van der Waals surface area contributed by atoms with Gasteiger partial charge in [0.05, 0.1) is 0 Å². The molecular formula is C11H16N2. The molecule has 1 aliphatic carbocycles. The van der Waals surface area contributed by atoms with Crippen LogP contribution in [-0.2, 0) is 0 Å². The first-order valence-corrected chi connectivity index (χ1v) is 4.89. The summed E-state index contributed by atoms with van der Waals surface area (Å²) in [6.07, 6.45) is 4.71. The van der Waals surface area contributed by atoms with Gasteiger partial charge < -0.3 is 4.90 Å². The molecule has 1 fully saturated rings. The average Bonchev–Trinajstić information content (AvgIpc) is 2.88. The Morgan fingerprint density at radius 1 is 1.54 bits per heavy atom. The van der Waals surface area contributed by atoms with Crippen LogP contribution in [0.25, 0.3) is 0 Å². The van der Waals surface area contributed by atoms with Crippen molar-refractivity contribution >= 4 is 5.69 Å². The lowest BCUT2D eigenvalue weighted by Crippen LogP contribution is -2.19. The molecule has 13 heavy (non-hydrogen) atoms. The van der Waals surface area contributed by atoms with E-state index in [1.54, 1.807) is 0 Å². The third-order valence-corrected chi connectivity index (χ3v) is 2.55. The van der Waals surface area contributed by atoms with Crippen molar-refractivity contribution < 1.29 is 0 Å². The maximum atomic E-state index is 4.19. The fourth-order valence-electron chi connectivity index (χ4n) is 1.56. The monoisotopic (exact) mass is 176 g/mol. The fraction of sp³-hybridized carbons (Fsp3) is 0.545. The summed E-state index contributed by atoms with van der Waals surface area (Å²) >= 11 is 0. The molecule has 0 atom stereocenters. The van der Waals surface area contributed by atoms with Crippen LogP contribution in [0.4, 0.5) is 5.69 Å². The maximum absolute atomic E-state index is 4.19. The molecular weight excluding hydrogens is 160 g/mol. The molecule has 2 rings (SSSR count). The van der Waals surface area contributed by atoms with Crippen molar-refractivity contribution in [1.82, 2.24) is 4.98 Å². The highest BCUT2D eigenvalue weighted by Crippen LogP contribution is 2.30. The van der Waals surface area contributed by atoms with E-state index in [1.807, 2.05) is 13.1 Å². The molecule has 2 nitrogen and oxygen atoms in total. The first-order valence-electron chi connectivity index (χ1n) is 4.89. The summed E-state index contributed by atoms with van der Waals surface area (Å²) in [4.78, 5) is 6.52. The van der Waals surface area contributed by atoms with Crippen molar-refractivity contribution in [3.05, 3.63) is 24.0 Å². The van der Waals surface area contributed by atoms with Crippen LogP contribution >= 0.6 is 0 Å². The molecule has 0 amide bonds. The van der Waals surface area contributed by atoms with E-state index in [0.717, 1.165) is 11.6 Å². The van der Waals surface area contributed by atoms with E-state index in [2.05, 4.69) is 29.1 Å². The number of pyridine rings is 1. The lowest BCUT2D eigenvalue weighted by Gasteiger charge is -2.18. The van der Waals surface area contributed by atoms with E-state index in [-0.39, 0.29) is 0 Å². The second kappa shape index (κ2) is 3.36. The first-order chi connectivity index (χ1) is 6.25. The zero-order valence-electron chi connectivity index (χ0n) is 8.33. The summed E-state index contributed by atoms with van der Waals surface area (Å²) in [5.41, 5.74) is 2.39. The number of aromatic nitrogens is 1. The molecule has 0 spiro atoms. The van der Waals surface area contributed by atoms with Crippen LogP contribution in [0.5, 0.6) is 0 Å². The van der Waals surface area contributed by atoms with E-state index >= 15 is 0 Å². The van der Waals surface area contributed by atoms with Crippen molar-refractivity contribution in [2.75, 3.05) is 18.5 Å². The van der Waals surface area contributed by atoms with Gasteiger partial charge in [-0.1, -0.05) is 0 Å². The summed E-state index contributed by atoms with van der Waals surface area (Å²) < 4.78 is 0. The molecule has 1 aromatic rings. The van der Waals surface area contributed by atoms with Crippen molar-refractivity contribution in [3.63, 3.8) is 0 Å². The zero-order valence-corrected chi connectivity index (χ0v) is 8.33. The molecule has 0 aliphatic heterocycles. The van der Waals surface area contributed by atoms with Gasteiger partial charge in [0, 0.05) is 31.2 Å². The van der Waals surface area contributed by atoms with Crippen molar-refractivity contribution in [3.8, 4) is 0 Å². The van der Waals surface area contributed by atoms with E-state index in [9.17, 15) is 0 Å². The van der Waals surface area contributed by atoms with Crippen molar-refractivity contribution in [1.29, 1.82) is 0 Å². The van der Waals surface area contributed by atoms with Crippen LogP contribution in [0.1, 0.15) is 18.5 Å². The Morgan fingerprint density at radius 3 is 2.92 bits per heavy atom. The van der Waals surface area contributed by atoms with Gasteiger partial charge in [-0.25, -0.2) is 0 Å². The minimum Gasteiger partial charge on any atom is -0.374 e. The average molecular weight is 176 g/mol. The quantitative estimate of drug-likeness (QED) is 0.702. The van der Waals surface area contributed by atoms with Gasteiger partial charge in [-0.3, -0.25) is 4.98 Å². The van der Waals surface area contributed by atoms with Gasteiger partial charge in [-0.15, -0.1) is 0 Å². The Labute approximate surface area is 79.6 Å². The van der Waals surface area contributed by atoms with Gasteiger partial charge in [0.15, 0.2) is 0 Å². The molecule has 1 saturated carbocycles. The Hall–Kier alpha value is -1.05. The van der Waals surface area contributed by atoms with Gasteiger partial charge >= 0.3 is 0 Å². The van der Waals surface area contributed by atoms with Crippen molar-refractivity contribution in [2.45, 2.75) is 19.8 Å². The molecule has 2 heteroatoms. The molecule has 0 unspecified atom stereocenters. The standard InChI is InChI=1S/C11H16N2/c1-9-7-11(5-6-12-9)13(2)8-10-3-4-10/h5-7,10H,3-4,8H2,1-2H3. The molecule has 0 aromatic carbocycles. The van der Waals surface area contributed by atoms with Gasteiger partial charge in [-0.2, -0.15) is 0 Å². The Morgan fingerprint density at radius 2 is 2.31 bits per heavy atom. The van der Waals surface area contributed by atoms with Crippen LogP contribution < -0.4 is 4.90 Å². The van der Waals surface area contributed by atoms with E-state index < -0.39 is 0 Å². The van der Waals surface area contributed by atoms with Crippen LogP contribution in [0, 0.1) is 12.8 Å². The van der Waals surface area contributed by atoms with Crippen LogP contribution in [-0.4, -0.2) is 18.6 Å². The lowest BCUT2D eigenvalue weighted by atomic mass is 10.3. The highest BCUT2D eigenvalue weighted by atomic mass is 15.1. The number of nitrogens with zero attached hydrogens (tertiary/aromatic N) is 2. The number of aryl methyl sites for hydroxylation is 1. The van der Waals surface area contributed by atoms with Crippen LogP contribution in [0.15, 0.2) is 18.3 Å². The van der Waals surface area contributed by atoms with Gasteiger partial charge in [0.1, 0.15) is 0 Å². The van der Waals surface area contributed by atoms with Gasteiger partial charge in [0.2, 0.25) is 0 Å².